The van der Waals surface area contributed by atoms with Gasteiger partial charge in [-0.15, -0.1) is 0 Å². The molecular weight excluding hydrogens is 240 g/mol. The van der Waals surface area contributed by atoms with Crippen LogP contribution >= 0.6 is 0 Å². The lowest BCUT2D eigenvalue weighted by Gasteiger charge is -2.34. The van der Waals surface area contributed by atoms with Gasteiger partial charge in [0.15, 0.2) is 0 Å². The van der Waals surface area contributed by atoms with Crippen LogP contribution in [0.15, 0.2) is 0 Å². The number of hydrogen-bond donors (Lipinski definition) is 2. The molecule has 4 nitrogen and oxygen atoms in total. The van der Waals surface area contributed by atoms with E-state index < -0.39 is 5.97 Å². The van der Waals surface area contributed by atoms with Crippen LogP contribution < -0.4 is 5.32 Å². The Morgan fingerprint density at radius 1 is 1.21 bits per heavy atom. The fraction of sp³-hybridized carbons (Fsp3) is 0.933. The monoisotopic (exact) mass is 270 g/mol. The largest absolute Gasteiger partial charge is 0.480 e. The second-order valence-corrected chi connectivity index (χ2v) is 6.66. The summed E-state index contributed by atoms with van der Waals surface area (Å²) in [6, 6.07) is -0.0232. The summed E-state index contributed by atoms with van der Waals surface area (Å²) in [7, 11) is 0. The van der Waals surface area contributed by atoms with Crippen molar-refractivity contribution in [3.63, 3.8) is 0 Å². The standard InChI is InChI=1S/C15H30N2O2/c1-11(2)9-14(15(18)19)16-13-5-7-17(8-6-13)10-12(3)4/h11-14,16H,5-10H2,1-4H3,(H,18,19). The molecule has 1 unspecified atom stereocenters. The first kappa shape index (κ1) is 16.4. The normalized spacial score (nSPS) is 20.1. The Bertz CT molecular complexity index is 271. The van der Waals surface area contributed by atoms with Crippen LogP contribution in [-0.4, -0.2) is 47.7 Å². The number of nitrogens with one attached hydrogen (secondary N) is 1. The quantitative estimate of drug-likeness (QED) is 0.744. The highest BCUT2D eigenvalue weighted by molar-refractivity contribution is 5.73. The van der Waals surface area contributed by atoms with E-state index in [0.717, 1.165) is 32.5 Å². The van der Waals surface area contributed by atoms with Crippen molar-refractivity contribution in [3.05, 3.63) is 0 Å². The number of hydrogen-bond acceptors (Lipinski definition) is 3. The van der Waals surface area contributed by atoms with Gasteiger partial charge in [-0.1, -0.05) is 27.7 Å². The molecule has 1 fully saturated rings. The topological polar surface area (TPSA) is 52.6 Å². The molecule has 4 heteroatoms. The molecule has 1 heterocycles. The smallest absolute Gasteiger partial charge is 0.320 e. The van der Waals surface area contributed by atoms with E-state index in [4.69, 9.17) is 0 Å². The maximum atomic E-state index is 11.2. The Morgan fingerprint density at radius 2 is 1.79 bits per heavy atom. The van der Waals surface area contributed by atoms with Crippen molar-refractivity contribution in [2.24, 2.45) is 11.8 Å². The van der Waals surface area contributed by atoms with E-state index in [2.05, 4.69) is 37.9 Å². The molecule has 1 aliphatic rings. The summed E-state index contributed by atoms with van der Waals surface area (Å²) in [5.41, 5.74) is 0. The molecule has 1 rings (SSSR count). The Hall–Kier alpha value is -0.610. The van der Waals surface area contributed by atoms with Gasteiger partial charge in [-0.05, 0) is 44.2 Å². The minimum Gasteiger partial charge on any atom is -0.480 e. The van der Waals surface area contributed by atoms with Crippen molar-refractivity contribution in [1.82, 2.24) is 10.2 Å². The SMILES string of the molecule is CC(C)CC(NC1CCN(CC(C)C)CC1)C(=O)O. The molecule has 2 N–H and O–H groups in total. The zero-order valence-electron chi connectivity index (χ0n) is 12.9. The third kappa shape index (κ3) is 6.39. The Labute approximate surface area is 117 Å². The van der Waals surface area contributed by atoms with Crippen LogP contribution in [0.2, 0.25) is 0 Å². The van der Waals surface area contributed by atoms with E-state index in [1.54, 1.807) is 0 Å². The van der Waals surface area contributed by atoms with Crippen LogP contribution in [0.1, 0.15) is 47.0 Å². The minimum absolute atomic E-state index is 0.364. The molecule has 0 aliphatic carbocycles. The summed E-state index contributed by atoms with van der Waals surface area (Å²) in [4.78, 5) is 13.7. The van der Waals surface area contributed by atoms with Crippen molar-refractivity contribution >= 4 is 5.97 Å². The van der Waals surface area contributed by atoms with E-state index in [-0.39, 0.29) is 6.04 Å². The predicted molar refractivity (Wildman–Crippen MR) is 78.3 cm³/mol. The molecular formula is C15H30N2O2. The number of nitrogens with zero attached hydrogens (tertiary/aromatic N) is 1. The third-order valence-electron chi connectivity index (χ3n) is 3.65. The van der Waals surface area contributed by atoms with Crippen molar-refractivity contribution in [2.75, 3.05) is 19.6 Å². The first-order valence-electron chi connectivity index (χ1n) is 7.59. The van der Waals surface area contributed by atoms with Crippen molar-refractivity contribution in [1.29, 1.82) is 0 Å². The van der Waals surface area contributed by atoms with Crippen LogP contribution in [0.5, 0.6) is 0 Å². The molecule has 0 aromatic rings. The minimum atomic E-state index is -0.710. The zero-order valence-corrected chi connectivity index (χ0v) is 12.9. The second-order valence-electron chi connectivity index (χ2n) is 6.66. The van der Waals surface area contributed by atoms with Crippen LogP contribution in [0, 0.1) is 11.8 Å². The highest BCUT2D eigenvalue weighted by Gasteiger charge is 2.25. The average molecular weight is 270 g/mol. The van der Waals surface area contributed by atoms with Gasteiger partial charge in [-0.25, -0.2) is 0 Å². The van der Waals surface area contributed by atoms with Crippen LogP contribution in [0.4, 0.5) is 0 Å². The third-order valence-corrected chi connectivity index (χ3v) is 3.65. The lowest BCUT2D eigenvalue weighted by molar-refractivity contribution is -0.140. The molecule has 19 heavy (non-hydrogen) atoms. The molecule has 0 amide bonds. The first-order valence-corrected chi connectivity index (χ1v) is 7.59. The molecule has 0 bridgehead atoms. The molecule has 1 atom stereocenters. The van der Waals surface area contributed by atoms with Crippen molar-refractivity contribution < 1.29 is 9.90 Å². The Balaban J connectivity index is 2.36. The zero-order chi connectivity index (χ0) is 14.4. The van der Waals surface area contributed by atoms with Gasteiger partial charge in [-0.3, -0.25) is 4.79 Å². The lowest BCUT2D eigenvalue weighted by Crippen LogP contribution is -2.49. The van der Waals surface area contributed by atoms with Gasteiger partial charge in [0.25, 0.3) is 0 Å². The van der Waals surface area contributed by atoms with Gasteiger partial charge in [-0.2, -0.15) is 0 Å². The van der Waals surface area contributed by atoms with Gasteiger partial charge in [0.1, 0.15) is 6.04 Å². The number of carboxylic acids is 1. The van der Waals surface area contributed by atoms with Crippen molar-refractivity contribution in [2.45, 2.75) is 59.0 Å². The fourth-order valence-corrected chi connectivity index (χ4v) is 2.79. The summed E-state index contributed by atoms with van der Waals surface area (Å²) in [5.74, 6) is 0.408. The molecule has 112 valence electrons. The van der Waals surface area contributed by atoms with Gasteiger partial charge >= 0.3 is 5.97 Å². The first-order chi connectivity index (χ1) is 8.88. The summed E-state index contributed by atoms with van der Waals surface area (Å²) >= 11 is 0. The molecule has 1 aliphatic heterocycles. The number of carboxylic acid groups (broad SMARTS) is 1. The van der Waals surface area contributed by atoms with Crippen LogP contribution in [-0.2, 0) is 4.79 Å². The Kier molecular flexibility index (Phi) is 6.80. The van der Waals surface area contributed by atoms with Crippen LogP contribution in [0.25, 0.3) is 0 Å². The molecule has 0 aromatic heterocycles. The van der Waals surface area contributed by atoms with Crippen molar-refractivity contribution in [3.8, 4) is 0 Å². The molecule has 0 aromatic carbocycles. The Morgan fingerprint density at radius 3 is 2.21 bits per heavy atom. The maximum absolute atomic E-state index is 11.2. The molecule has 0 spiro atoms. The lowest BCUT2D eigenvalue weighted by atomic mass is 9.99. The maximum Gasteiger partial charge on any atom is 0.320 e. The highest BCUT2D eigenvalue weighted by Crippen LogP contribution is 2.14. The van der Waals surface area contributed by atoms with Gasteiger partial charge in [0.2, 0.25) is 0 Å². The van der Waals surface area contributed by atoms with E-state index in [1.807, 2.05) is 0 Å². The van der Waals surface area contributed by atoms with Crippen LogP contribution in [0.3, 0.4) is 0 Å². The number of aliphatic carboxylic acids is 1. The van der Waals surface area contributed by atoms with Gasteiger partial charge in [0.05, 0.1) is 0 Å². The van der Waals surface area contributed by atoms with Gasteiger partial charge < -0.3 is 15.3 Å². The number of rotatable bonds is 7. The summed E-state index contributed by atoms with van der Waals surface area (Å²) in [6.07, 6.45) is 2.84. The number of likely N-dealkylation sites (tertiary alicyclic amines) is 1. The van der Waals surface area contributed by atoms with E-state index in [9.17, 15) is 9.90 Å². The molecule has 0 saturated carbocycles. The fourth-order valence-electron chi connectivity index (χ4n) is 2.79. The van der Waals surface area contributed by atoms with Gasteiger partial charge in [0, 0.05) is 12.6 Å². The average Bonchev–Trinajstić information content (AvgIpc) is 2.29. The molecule has 1 saturated heterocycles. The molecule has 0 radical (unpaired) electrons. The van der Waals surface area contributed by atoms with E-state index in [1.165, 1.54) is 0 Å². The number of carbonyl (C=O) groups is 1. The summed E-state index contributed by atoms with van der Waals surface area (Å²) in [6.45, 7) is 12.0. The van der Waals surface area contributed by atoms with E-state index >= 15 is 0 Å². The predicted octanol–water partition coefficient (Wildman–Crippen LogP) is 2.20. The second kappa shape index (κ2) is 7.85. The van der Waals surface area contributed by atoms with E-state index in [0.29, 0.717) is 24.3 Å². The summed E-state index contributed by atoms with van der Waals surface area (Å²) < 4.78 is 0. The number of piperidine rings is 1. The summed E-state index contributed by atoms with van der Waals surface area (Å²) in [5, 5.41) is 12.6. The highest BCUT2D eigenvalue weighted by atomic mass is 16.4.